The van der Waals surface area contributed by atoms with Crippen LogP contribution in [0.25, 0.3) is 10.4 Å². The molecule has 38 heavy (non-hydrogen) atoms. The summed E-state index contributed by atoms with van der Waals surface area (Å²) >= 11 is 1.38. The zero-order valence-electron chi connectivity index (χ0n) is 19.2. The molecule has 0 saturated heterocycles. The van der Waals surface area contributed by atoms with Crippen molar-refractivity contribution in [1.82, 2.24) is 14.3 Å². The summed E-state index contributed by atoms with van der Waals surface area (Å²) in [5, 5.41) is 13.6. The van der Waals surface area contributed by atoms with Crippen molar-refractivity contribution in [2.45, 2.75) is 32.1 Å². The minimum atomic E-state index is -5.08. The third-order valence-corrected chi connectivity index (χ3v) is 6.34. The minimum absolute atomic E-state index is 0.201. The summed E-state index contributed by atoms with van der Waals surface area (Å²) in [5.41, 5.74) is 6.06. The second kappa shape index (κ2) is 11.6. The summed E-state index contributed by atoms with van der Waals surface area (Å²) in [6.07, 6.45) is -4.93. The predicted octanol–water partition coefficient (Wildman–Crippen LogP) is 3.59. The van der Waals surface area contributed by atoms with Gasteiger partial charge in [-0.2, -0.15) is 27.1 Å². The molecule has 4 rings (SSSR count). The third-order valence-electron chi connectivity index (χ3n) is 5.22. The Morgan fingerprint density at radius 2 is 1.87 bits per heavy atom. The molecule has 0 fully saturated rings. The number of aryl methyl sites for hydroxylation is 1. The highest BCUT2D eigenvalue weighted by Gasteiger charge is 2.38. The number of nitrogens with two attached hydrogens (primary N) is 1. The number of alkyl halides is 3. The van der Waals surface area contributed by atoms with Crippen LogP contribution in [0.2, 0.25) is 0 Å². The van der Waals surface area contributed by atoms with Gasteiger partial charge >= 0.3 is 17.8 Å². The number of benzene rings is 1. The van der Waals surface area contributed by atoms with Gasteiger partial charge in [0.15, 0.2) is 0 Å². The second-order valence-electron chi connectivity index (χ2n) is 7.88. The van der Waals surface area contributed by atoms with E-state index in [1.54, 1.807) is 0 Å². The monoisotopic (exact) mass is 563 g/mol. The number of nitrogens with one attached hydrogen (secondary N) is 1. The molecule has 3 heterocycles. The number of carboxylic acid groups (broad SMARTS) is 1. The first kappa shape index (κ1) is 28.6. The van der Waals surface area contributed by atoms with Crippen LogP contribution < -0.4 is 16.7 Å². The van der Waals surface area contributed by atoms with Crippen molar-refractivity contribution in [3.63, 3.8) is 0 Å². The van der Waals surface area contributed by atoms with E-state index in [9.17, 15) is 35.9 Å². The van der Waals surface area contributed by atoms with E-state index in [2.05, 4.69) is 10.4 Å². The Balaban J connectivity index is 0.000000505. The predicted molar refractivity (Wildman–Crippen MR) is 124 cm³/mol. The van der Waals surface area contributed by atoms with Gasteiger partial charge in [-0.15, -0.1) is 11.3 Å². The summed E-state index contributed by atoms with van der Waals surface area (Å²) < 4.78 is 74.0. The first-order valence-electron chi connectivity index (χ1n) is 10.7. The molecule has 4 N–H and O–H groups in total. The molecule has 0 saturated carbocycles. The lowest BCUT2D eigenvalue weighted by atomic mass is 9.99. The molecular formula is C22H19F6N5O4S. The molecular weight excluding hydrogens is 544 g/mol. The lowest BCUT2D eigenvalue weighted by Gasteiger charge is -2.18. The maximum atomic E-state index is 14.5. The van der Waals surface area contributed by atoms with Gasteiger partial charge in [0.2, 0.25) is 5.91 Å². The van der Waals surface area contributed by atoms with Crippen molar-refractivity contribution in [1.29, 1.82) is 0 Å². The summed E-state index contributed by atoms with van der Waals surface area (Å²) in [6, 6.07) is 6.86. The second-order valence-corrected chi connectivity index (χ2v) is 9.04. The molecule has 1 aliphatic rings. The molecule has 1 amide bonds. The van der Waals surface area contributed by atoms with Gasteiger partial charge in [-0.05, 0) is 41.8 Å². The summed E-state index contributed by atoms with van der Waals surface area (Å²) in [7, 11) is 0. The number of amides is 1. The van der Waals surface area contributed by atoms with E-state index in [0.717, 1.165) is 20.0 Å². The van der Waals surface area contributed by atoms with Gasteiger partial charge in [0, 0.05) is 28.3 Å². The van der Waals surface area contributed by atoms with Gasteiger partial charge in [0.05, 0.1) is 18.8 Å². The number of thiophene rings is 1. The fourth-order valence-electron chi connectivity index (χ4n) is 3.35. The van der Waals surface area contributed by atoms with E-state index >= 15 is 0 Å². The molecule has 0 radical (unpaired) electrons. The number of carboxylic acids is 1. The molecule has 0 bridgehead atoms. The largest absolute Gasteiger partial charge is 0.490 e. The number of hydrogen-bond acceptors (Lipinski definition) is 6. The van der Waals surface area contributed by atoms with Crippen molar-refractivity contribution in [3.05, 3.63) is 69.0 Å². The molecule has 0 aliphatic carbocycles. The first-order valence-corrected chi connectivity index (χ1v) is 11.5. The first-order chi connectivity index (χ1) is 17.8. The van der Waals surface area contributed by atoms with Crippen LogP contribution in [-0.4, -0.2) is 44.1 Å². The van der Waals surface area contributed by atoms with E-state index in [-0.39, 0.29) is 36.8 Å². The van der Waals surface area contributed by atoms with E-state index in [1.165, 1.54) is 28.3 Å². The van der Waals surface area contributed by atoms with E-state index in [0.29, 0.717) is 18.4 Å². The van der Waals surface area contributed by atoms with Gasteiger partial charge in [-0.25, -0.2) is 18.7 Å². The third kappa shape index (κ3) is 6.89. The van der Waals surface area contributed by atoms with Gasteiger partial charge in [0.1, 0.15) is 12.1 Å². The van der Waals surface area contributed by atoms with E-state index in [1.807, 2.05) is 18.2 Å². The number of rotatable bonds is 6. The summed E-state index contributed by atoms with van der Waals surface area (Å²) in [6.45, 7) is -0.533. The Morgan fingerprint density at radius 1 is 1.18 bits per heavy atom. The number of carbonyl (C=O) groups excluding carboxylic acids is 1. The molecule has 1 aromatic carbocycles. The molecule has 16 heteroatoms. The zero-order chi connectivity index (χ0) is 28.2. The van der Waals surface area contributed by atoms with Gasteiger partial charge < -0.3 is 16.2 Å². The standard InChI is InChI=1S/C20H18F3N5O2S.C2HF3O2/c21-15-6-12(5-11-1-4-17(29)26-18(11)15)16-3-2-14(31-16)9-27-10-25-28(20(27)30)8-13(7-24)19(22)23;3-2(4,5)1(6)7/h2-3,5-6,10H,1,4,7-9,24H2,(H,26,29);(H,6,7). The lowest BCUT2D eigenvalue weighted by molar-refractivity contribution is -0.192. The Labute approximate surface area is 213 Å². The number of hydrogen-bond donors (Lipinski definition) is 3. The molecule has 0 spiro atoms. The van der Waals surface area contributed by atoms with Crippen LogP contribution in [0.5, 0.6) is 0 Å². The van der Waals surface area contributed by atoms with E-state index < -0.39 is 29.7 Å². The molecule has 9 nitrogen and oxygen atoms in total. The van der Waals surface area contributed by atoms with Gasteiger partial charge in [-0.1, -0.05) is 0 Å². The molecule has 204 valence electrons. The SMILES string of the molecule is NCC(Cn1ncn(Cc2ccc(-c3cc(F)c4c(c3)CCC(=O)N4)s2)c1=O)=C(F)F.O=C(O)C(F)(F)F. The molecule has 0 unspecified atom stereocenters. The number of anilines is 1. The van der Waals surface area contributed by atoms with Crippen LogP contribution >= 0.6 is 11.3 Å². The van der Waals surface area contributed by atoms with Gasteiger partial charge in [0.25, 0.3) is 6.08 Å². The number of aromatic nitrogens is 3. The molecule has 2 aromatic heterocycles. The minimum Gasteiger partial charge on any atom is -0.475 e. The topological polar surface area (TPSA) is 132 Å². The summed E-state index contributed by atoms with van der Waals surface area (Å²) in [5.74, 6) is -3.45. The highest BCUT2D eigenvalue weighted by Crippen LogP contribution is 2.34. The van der Waals surface area contributed by atoms with Crippen LogP contribution in [0.3, 0.4) is 0 Å². The fraction of sp³-hybridized carbons (Fsp3) is 0.273. The molecule has 1 aliphatic heterocycles. The number of carbonyl (C=O) groups is 2. The van der Waals surface area contributed by atoms with Crippen molar-refractivity contribution in [2.75, 3.05) is 11.9 Å². The summed E-state index contributed by atoms with van der Waals surface area (Å²) in [4.78, 5) is 34.4. The van der Waals surface area contributed by atoms with E-state index in [4.69, 9.17) is 15.6 Å². The zero-order valence-corrected chi connectivity index (χ0v) is 20.0. The van der Waals surface area contributed by atoms with Crippen LogP contribution in [0.1, 0.15) is 16.9 Å². The van der Waals surface area contributed by atoms with Crippen LogP contribution in [0, 0.1) is 5.82 Å². The van der Waals surface area contributed by atoms with Crippen LogP contribution in [0.15, 0.2) is 47.0 Å². The quantitative estimate of drug-likeness (QED) is 0.393. The highest BCUT2D eigenvalue weighted by atomic mass is 32.1. The van der Waals surface area contributed by atoms with Crippen LogP contribution in [0.4, 0.5) is 32.0 Å². The normalized spacial score (nSPS) is 12.8. The Bertz CT molecular complexity index is 1440. The number of fused-ring (bicyclic) bond motifs is 1. The average molecular weight is 563 g/mol. The van der Waals surface area contributed by atoms with Crippen LogP contribution in [-0.2, 0) is 29.1 Å². The number of aliphatic carboxylic acids is 1. The van der Waals surface area contributed by atoms with Crippen molar-refractivity contribution >= 4 is 28.9 Å². The van der Waals surface area contributed by atoms with Crippen molar-refractivity contribution < 1.29 is 41.0 Å². The number of halogens is 6. The van der Waals surface area contributed by atoms with Crippen molar-refractivity contribution in [2.24, 2.45) is 5.73 Å². The van der Waals surface area contributed by atoms with Gasteiger partial charge in [-0.3, -0.25) is 9.36 Å². The van der Waals surface area contributed by atoms with Crippen molar-refractivity contribution in [3.8, 4) is 10.4 Å². The molecule has 3 aromatic rings. The fourth-order valence-corrected chi connectivity index (χ4v) is 4.34. The Hall–Kier alpha value is -3.92. The smallest absolute Gasteiger partial charge is 0.475 e. The highest BCUT2D eigenvalue weighted by molar-refractivity contribution is 7.15. The molecule has 0 atom stereocenters. The Kier molecular flexibility index (Phi) is 8.78. The average Bonchev–Trinajstić information content (AvgIpc) is 3.44. The number of nitrogens with zero attached hydrogens (tertiary/aromatic N) is 3. The Morgan fingerprint density at radius 3 is 2.47 bits per heavy atom. The maximum Gasteiger partial charge on any atom is 0.490 e. The lowest BCUT2D eigenvalue weighted by Crippen LogP contribution is -2.27. The maximum absolute atomic E-state index is 14.5.